The molecule has 31 heavy (non-hydrogen) atoms. The van der Waals surface area contributed by atoms with Crippen LogP contribution in [0.1, 0.15) is 13.3 Å². The van der Waals surface area contributed by atoms with Crippen molar-refractivity contribution in [2.45, 2.75) is 25.9 Å². The minimum absolute atomic E-state index is 0.135. The molecule has 2 aliphatic heterocycles. The summed E-state index contributed by atoms with van der Waals surface area (Å²) in [6.07, 6.45) is 4.90. The SMILES string of the molecule is CCCn1nc(NC2C3=CC2CN3c2cnnc(OC)c2)nc1Oc1cccc(Cl)c1. The average Bonchev–Trinajstić information content (AvgIpc) is 3.46. The lowest BCUT2D eigenvalue weighted by Gasteiger charge is -2.27. The highest BCUT2D eigenvalue weighted by Crippen LogP contribution is 2.43. The van der Waals surface area contributed by atoms with Gasteiger partial charge in [-0.15, -0.1) is 10.2 Å². The van der Waals surface area contributed by atoms with Crippen molar-refractivity contribution in [2.75, 3.05) is 23.9 Å². The molecular formula is C21H22ClN7O2. The number of nitrogens with zero attached hydrogens (tertiary/aromatic N) is 6. The second kappa shape index (κ2) is 8.07. The molecule has 0 amide bonds. The number of halogens is 1. The van der Waals surface area contributed by atoms with Gasteiger partial charge in [0, 0.05) is 35.8 Å². The van der Waals surface area contributed by atoms with E-state index in [1.54, 1.807) is 30.1 Å². The molecule has 9 nitrogen and oxygen atoms in total. The predicted octanol–water partition coefficient (Wildman–Crippen LogP) is 3.75. The van der Waals surface area contributed by atoms with Crippen LogP contribution in [0.5, 0.6) is 17.6 Å². The van der Waals surface area contributed by atoms with E-state index >= 15 is 0 Å². The molecule has 1 aromatic carbocycles. The average molecular weight is 440 g/mol. The van der Waals surface area contributed by atoms with Gasteiger partial charge in [-0.1, -0.05) is 30.7 Å². The third kappa shape index (κ3) is 3.76. The Morgan fingerprint density at radius 1 is 1.29 bits per heavy atom. The van der Waals surface area contributed by atoms with Crippen molar-refractivity contribution >= 4 is 23.2 Å². The summed E-state index contributed by atoms with van der Waals surface area (Å²) >= 11 is 6.07. The van der Waals surface area contributed by atoms with Crippen LogP contribution in [0.25, 0.3) is 0 Å². The van der Waals surface area contributed by atoms with Crippen LogP contribution >= 0.6 is 11.6 Å². The van der Waals surface area contributed by atoms with Gasteiger partial charge in [0.05, 0.1) is 25.0 Å². The van der Waals surface area contributed by atoms with E-state index in [1.807, 2.05) is 18.2 Å². The highest BCUT2D eigenvalue weighted by atomic mass is 35.5. The maximum absolute atomic E-state index is 6.07. The Kier molecular flexibility index (Phi) is 5.11. The van der Waals surface area contributed by atoms with Gasteiger partial charge >= 0.3 is 6.01 Å². The summed E-state index contributed by atoms with van der Waals surface area (Å²) in [6, 6.07) is 9.70. The van der Waals surface area contributed by atoms with E-state index in [2.05, 4.69) is 43.5 Å². The van der Waals surface area contributed by atoms with Gasteiger partial charge in [0.1, 0.15) is 5.75 Å². The molecule has 3 aromatic rings. The summed E-state index contributed by atoms with van der Waals surface area (Å²) in [5.74, 6) is 2.03. The molecule has 6 rings (SSSR count). The van der Waals surface area contributed by atoms with Crippen molar-refractivity contribution < 1.29 is 9.47 Å². The van der Waals surface area contributed by atoms with Crippen molar-refractivity contribution in [3.8, 4) is 17.6 Å². The Morgan fingerprint density at radius 3 is 3.00 bits per heavy atom. The minimum atomic E-state index is 0.135. The summed E-state index contributed by atoms with van der Waals surface area (Å²) in [6.45, 7) is 3.66. The number of nitrogens with one attached hydrogen (secondary N) is 1. The fourth-order valence-electron chi connectivity index (χ4n) is 3.87. The summed E-state index contributed by atoms with van der Waals surface area (Å²) in [7, 11) is 1.59. The first-order chi connectivity index (χ1) is 15.1. The highest BCUT2D eigenvalue weighted by Gasteiger charge is 2.45. The molecule has 1 N–H and O–H groups in total. The van der Waals surface area contributed by atoms with Crippen LogP contribution in [0.4, 0.5) is 11.6 Å². The third-order valence-corrected chi connectivity index (χ3v) is 5.57. The van der Waals surface area contributed by atoms with Gasteiger partial charge < -0.3 is 19.7 Å². The standard InChI is InChI=1S/C21H22ClN7O2/c1-3-7-29-21(31-16-6-4-5-14(22)9-16)25-20(27-29)24-19-13-8-17(19)28(12-13)15-10-18(30-2)26-23-11-15/h4-6,8-11,13,19H,3,7,12H2,1-2H3,(H,24,27). The van der Waals surface area contributed by atoms with Crippen molar-refractivity contribution in [1.29, 1.82) is 0 Å². The molecule has 0 spiro atoms. The molecule has 4 heterocycles. The zero-order valence-electron chi connectivity index (χ0n) is 17.2. The Balaban J connectivity index is 1.32. The third-order valence-electron chi connectivity index (χ3n) is 5.34. The molecule has 160 valence electrons. The number of hydrogen-bond donors (Lipinski definition) is 1. The van der Waals surface area contributed by atoms with Gasteiger partial charge in [-0.3, -0.25) is 0 Å². The van der Waals surface area contributed by atoms with Crippen molar-refractivity contribution in [2.24, 2.45) is 5.92 Å². The first-order valence-electron chi connectivity index (χ1n) is 10.2. The summed E-state index contributed by atoms with van der Waals surface area (Å²) in [5, 5.41) is 16.6. The number of hydrogen-bond acceptors (Lipinski definition) is 8. The van der Waals surface area contributed by atoms with Crippen molar-refractivity contribution in [3.63, 3.8) is 0 Å². The highest BCUT2D eigenvalue weighted by molar-refractivity contribution is 6.30. The molecule has 1 fully saturated rings. The normalized spacial score (nSPS) is 19.1. The molecule has 2 bridgehead atoms. The monoisotopic (exact) mass is 439 g/mol. The molecule has 2 atom stereocenters. The molecular weight excluding hydrogens is 418 g/mol. The quantitative estimate of drug-likeness (QED) is 0.567. The van der Waals surface area contributed by atoms with Gasteiger partial charge in [0.2, 0.25) is 11.8 Å². The molecule has 2 aromatic heterocycles. The number of benzene rings is 1. The number of anilines is 2. The minimum Gasteiger partial charge on any atom is -0.480 e. The maximum atomic E-state index is 6.07. The molecule has 1 saturated heterocycles. The van der Waals surface area contributed by atoms with Crippen LogP contribution in [0.15, 0.2) is 48.3 Å². The van der Waals surface area contributed by atoms with E-state index in [9.17, 15) is 0 Å². The number of aryl methyl sites for hydroxylation is 1. The Labute approximate surface area is 184 Å². The van der Waals surface area contributed by atoms with Crippen LogP contribution in [-0.4, -0.2) is 44.7 Å². The second-order valence-corrected chi connectivity index (χ2v) is 7.88. The van der Waals surface area contributed by atoms with Gasteiger partial charge in [-0.25, -0.2) is 4.68 Å². The van der Waals surface area contributed by atoms with Gasteiger partial charge in [0.25, 0.3) is 0 Å². The Morgan fingerprint density at radius 2 is 2.19 bits per heavy atom. The fraction of sp³-hybridized carbons (Fsp3) is 0.333. The fourth-order valence-corrected chi connectivity index (χ4v) is 4.05. The van der Waals surface area contributed by atoms with Crippen molar-refractivity contribution in [3.05, 3.63) is 53.3 Å². The molecule has 1 aliphatic carbocycles. The zero-order valence-corrected chi connectivity index (χ0v) is 18.0. The van der Waals surface area contributed by atoms with Gasteiger partial charge in [-0.2, -0.15) is 10.1 Å². The number of methoxy groups -OCH3 is 1. The first-order valence-corrected chi connectivity index (χ1v) is 10.5. The van der Waals surface area contributed by atoms with Crippen LogP contribution in [0, 0.1) is 5.92 Å². The first kappa shape index (κ1) is 19.6. The molecule has 0 saturated carbocycles. The van der Waals surface area contributed by atoms with E-state index in [-0.39, 0.29) is 6.04 Å². The Bertz CT molecular complexity index is 1130. The summed E-state index contributed by atoms with van der Waals surface area (Å²) in [5.41, 5.74) is 2.13. The number of rotatable bonds is 8. The number of aromatic nitrogens is 5. The van der Waals surface area contributed by atoms with E-state index in [4.69, 9.17) is 21.1 Å². The Hall–Kier alpha value is -3.33. The lowest BCUT2D eigenvalue weighted by atomic mass is 9.91. The second-order valence-electron chi connectivity index (χ2n) is 7.44. The molecule has 3 aliphatic rings. The predicted molar refractivity (Wildman–Crippen MR) is 117 cm³/mol. The smallest absolute Gasteiger partial charge is 0.322 e. The van der Waals surface area contributed by atoms with Crippen LogP contribution < -0.4 is 19.7 Å². The van der Waals surface area contributed by atoms with E-state index in [0.717, 1.165) is 18.7 Å². The number of fused-ring (bicyclic) bond motifs is 1. The number of ether oxygens (including phenoxy) is 2. The van der Waals surface area contributed by atoms with Crippen LogP contribution in [-0.2, 0) is 6.54 Å². The lowest BCUT2D eigenvalue weighted by molar-refractivity contribution is 0.392. The van der Waals surface area contributed by atoms with Crippen LogP contribution in [0.2, 0.25) is 5.02 Å². The van der Waals surface area contributed by atoms with E-state index < -0.39 is 0 Å². The summed E-state index contributed by atoms with van der Waals surface area (Å²) in [4.78, 5) is 6.80. The maximum Gasteiger partial charge on any atom is 0.322 e. The molecule has 2 unspecified atom stereocenters. The van der Waals surface area contributed by atoms with Crippen LogP contribution in [0.3, 0.4) is 0 Å². The van der Waals surface area contributed by atoms with Gasteiger partial charge in [0.15, 0.2) is 0 Å². The summed E-state index contributed by atoms with van der Waals surface area (Å²) < 4.78 is 12.9. The lowest BCUT2D eigenvalue weighted by Crippen LogP contribution is -2.34. The van der Waals surface area contributed by atoms with Gasteiger partial charge in [-0.05, 0) is 24.6 Å². The zero-order chi connectivity index (χ0) is 21.4. The largest absolute Gasteiger partial charge is 0.480 e. The molecule has 10 heteroatoms. The van der Waals surface area contributed by atoms with E-state index in [1.165, 1.54) is 5.70 Å². The molecule has 0 radical (unpaired) electrons. The van der Waals surface area contributed by atoms with E-state index in [0.29, 0.717) is 41.1 Å². The van der Waals surface area contributed by atoms with Crippen molar-refractivity contribution in [1.82, 2.24) is 25.0 Å². The topological polar surface area (TPSA) is 90.2 Å².